The number of aryl methyl sites for hydroxylation is 2. The number of amidine groups is 1. The molecular formula is C31H43ClN6. The van der Waals surface area contributed by atoms with Gasteiger partial charge in [-0.2, -0.15) is 5.10 Å². The number of rotatable bonds is 9. The van der Waals surface area contributed by atoms with Gasteiger partial charge in [0.15, 0.2) is 11.7 Å². The summed E-state index contributed by atoms with van der Waals surface area (Å²) in [6.45, 7) is 13.1. The van der Waals surface area contributed by atoms with Crippen LogP contribution < -0.4 is 10.6 Å². The van der Waals surface area contributed by atoms with Gasteiger partial charge in [-0.1, -0.05) is 30.7 Å². The number of piperidine rings is 1. The molecule has 1 aliphatic heterocycles. The summed E-state index contributed by atoms with van der Waals surface area (Å²) in [7, 11) is 0. The molecule has 38 heavy (non-hydrogen) atoms. The summed E-state index contributed by atoms with van der Waals surface area (Å²) in [5.41, 5.74) is 7.55. The molecule has 0 amide bonds. The van der Waals surface area contributed by atoms with E-state index in [0.717, 1.165) is 29.8 Å². The third-order valence-electron chi connectivity index (χ3n) is 8.40. The first-order chi connectivity index (χ1) is 18.4. The Hall–Kier alpha value is -2.57. The summed E-state index contributed by atoms with van der Waals surface area (Å²) in [4.78, 5) is 7.71. The summed E-state index contributed by atoms with van der Waals surface area (Å²) in [6.07, 6.45) is 10.5. The topological polar surface area (TPSA) is 68.3 Å². The number of halogens is 1. The van der Waals surface area contributed by atoms with Crippen molar-refractivity contribution in [3.63, 3.8) is 0 Å². The first kappa shape index (κ1) is 27.0. The molecule has 2 heterocycles. The van der Waals surface area contributed by atoms with Crippen molar-refractivity contribution in [2.24, 2.45) is 4.99 Å². The molecule has 0 bridgehead atoms. The zero-order chi connectivity index (χ0) is 26.8. The number of anilines is 2. The zero-order valence-electron chi connectivity index (χ0n) is 23.6. The van der Waals surface area contributed by atoms with Crippen molar-refractivity contribution in [1.82, 2.24) is 15.1 Å². The van der Waals surface area contributed by atoms with Crippen LogP contribution in [0.5, 0.6) is 0 Å². The largest absolute Gasteiger partial charge is 0.340 e. The molecule has 3 aliphatic rings. The van der Waals surface area contributed by atoms with E-state index in [1.165, 1.54) is 79.6 Å². The summed E-state index contributed by atoms with van der Waals surface area (Å²) in [5, 5.41) is 15.2. The predicted octanol–water partition coefficient (Wildman–Crippen LogP) is 7.95. The number of benzene rings is 1. The van der Waals surface area contributed by atoms with Crippen LogP contribution in [-0.2, 0) is 0 Å². The Morgan fingerprint density at radius 3 is 2.42 bits per heavy atom. The molecule has 0 unspecified atom stereocenters. The Labute approximate surface area is 233 Å². The molecular weight excluding hydrogens is 492 g/mol. The SMILES string of the molecule is C\C=C(Cl)/C(=N\C(Nc1cc(C)c(C2CCN(C3CC3)CC2)cc1C)=C(/C)CC)Nc1cc(C2CC2)[nH]n1. The van der Waals surface area contributed by atoms with E-state index in [0.29, 0.717) is 22.7 Å². The summed E-state index contributed by atoms with van der Waals surface area (Å²) < 4.78 is 0. The highest BCUT2D eigenvalue weighted by Crippen LogP contribution is 2.40. The van der Waals surface area contributed by atoms with Crippen LogP contribution in [0.25, 0.3) is 0 Å². The molecule has 2 aromatic rings. The number of aromatic nitrogens is 2. The van der Waals surface area contributed by atoms with Gasteiger partial charge >= 0.3 is 0 Å². The number of aliphatic imine (C=N–C) groups is 1. The van der Waals surface area contributed by atoms with Gasteiger partial charge in [-0.25, -0.2) is 4.99 Å². The average Bonchev–Trinajstić information content (AvgIpc) is 3.87. The zero-order valence-corrected chi connectivity index (χ0v) is 24.4. The molecule has 0 radical (unpaired) electrons. The minimum absolute atomic E-state index is 0.560. The lowest BCUT2D eigenvalue weighted by atomic mass is 9.85. The smallest absolute Gasteiger partial charge is 0.153 e. The molecule has 2 aliphatic carbocycles. The van der Waals surface area contributed by atoms with E-state index >= 15 is 0 Å². The van der Waals surface area contributed by atoms with E-state index in [9.17, 15) is 0 Å². The average molecular weight is 535 g/mol. The van der Waals surface area contributed by atoms with Crippen LogP contribution in [0.1, 0.15) is 99.9 Å². The highest BCUT2D eigenvalue weighted by molar-refractivity contribution is 6.45. The third-order valence-corrected chi connectivity index (χ3v) is 8.80. The predicted molar refractivity (Wildman–Crippen MR) is 160 cm³/mol. The standard InChI is InChI=1S/C31H43ClN6/c1-6-19(3)30(35-31(26(32)7-2)34-29-18-28(36-37-29)23-8-9-23)33-27-17-20(4)25(16-21(27)5)22-12-14-38(15-13-22)24-10-11-24/h7,16-18,22-24,33H,6,8-15H2,1-5H3,(H2,34,35,36,37)/b26-7+,30-19+. The van der Waals surface area contributed by atoms with Crippen LogP contribution in [0.3, 0.4) is 0 Å². The maximum Gasteiger partial charge on any atom is 0.153 e. The van der Waals surface area contributed by atoms with Crippen molar-refractivity contribution < 1.29 is 0 Å². The lowest BCUT2D eigenvalue weighted by Gasteiger charge is -2.33. The molecule has 5 rings (SSSR count). The molecule has 1 aromatic heterocycles. The molecule has 2 saturated carbocycles. The van der Waals surface area contributed by atoms with E-state index in [2.05, 4.69) is 71.6 Å². The van der Waals surface area contributed by atoms with Crippen LogP contribution in [0.2, 0.25) is 0 Å². The van der Waals surface area contributed by atoms with Gasteiger partial charge in [0, 0.05) is 29.4 Å². The molecule has 1 aromatic carbocycles. The van der Waals surface area contributed by atoms with Gasteiger partial charge in [0.1, 0.15) is 5.82 Å². The van der Waals surface area contributed by atoms with E-state index in [1.807, 2.05) is 13.0 Å². The highest BCUT2D eigenvalue weighted by atomic mass is 35.5. The Balaban J connectivity index is 1.36. The molecule has 0 atom stereocenters. The van der Waals surface area contributed by atoms with Crippen LogP contribution in [-0.4, -0.2) is 40.1 Å². The fourth-order valence-electron chi connectivity index (χ4n) is 5.47. The number of aromatic amines is 1. The van der Waals surface area contributed by atoms with Gasteiger partial charge in [0.2, 0.25) is 0 Å². The molecule has 3 fully saturated rings. The summed E-state index contributed by atoms with van der Waals surface area (Å²) in [6, 6.07) is 7.65. The van der Waals surface area contributed by atoms with Gasteiger partial charge in [0.25, 0.3) is 0 Å². The van der Waals surface area contributed by atoms with E-state index in [1.54, 1.807) is 0 Å². The van der Waals surface area contributed by atoms with E-state index in [-0.39, 0.29) is 0 Å². The number of hydrogen-bond donors (Lipinski definition) is 3. The van der Waals surface area contributed by atoms with Gasteiger partial charge in [0.05, 0.1) is 5.03 Å². The Morgan fingerprint density at radius 2 is 1.79 bits per heavy atom. The summed E-state index contributed by atoms with van der Waals surface area (Å²) >= 11 is 6.63. The second-order valence-corrected chi connectivity index (χ2v) is 11.8. The molecule has 6 nitrogen and oxygen atoms in total. The third kappa shape index (κ3) is 6.35. The Morgan fingerprint density at radius 1 is 1.05 bits per heavy atom. The number of H-pyrrole nitrogens is 1. The van der Waals surface area contributed by atoms with Crippen molar-refractivity contribution in [3.8, 4) is 0 Å². The quantitative estimate of drug-likeness (QED) is 0.225. The van der Waals surface area contributed by atoms with Crippen molar-refractivity contribution >= 4 is 28.9 Å². The first-order valence-corrected chi connectivity index (χ1v) is 14.8. The van der Waals surface area contributed by atoms with Crippen molar-refractivity contribution in [2.45, 2.75) is 97.4 Å². The maximum atomic E-state index is 6.63. The molecule has 7 heteroatoms. The van der Waals surface area contributed by atoms with Gasteiger partial charge in [-0.15, -0.1) is 0 Å². The van der Waals surface area contributed by atoms with Gasteiger partial charge in [-0.3, -0.25) is 5.10 Å². The van der Waals surface area contributed by atoms with Crippen LogP contribution >= 0.6 is 11.6 Å². The number of likely N-dealkylation sites (tertiary alicyclic amines) is 1. The van der Waals surface area contributed by atoms with E-state index in [4.69, 9.17) is 16.6 Å². The minimum Gasteiger partial charge on any atom is -0.340 e. The fraction of sp³-hybridized carbons (Fsp3) is 0.548. The molecule has 0 spiro atoms. The fourth-order valence-corrected chi connectivity index (χ4v) is 5.56. The maximum absolute atomic E-state index is 6.63. The van der Waals surface area contributed by atoms with Crippen LogP contribution in [0.4, 0.5) is 11.5 Å². The number of hydrogen-bond acceptors (Lipinski definition) is 4. The van der Waals surface area contributed by atoms with Crippen molar-refractivity contribution in [3.05, 3.63) is 63.1 Å². The Bertz CT molecular complexity index is 1240. The lowest BCUT2D eigenvalue weighted by molar-refractivity contribution is 0.203. The first-order valence-electron chi connectivity index (χ1n) is 14.4. The van der Waals surface area contributed by atoms with Gasteiger partial charge in [-0.05, 0) is 120 Å². The number of nitrogens with zero attached hydrogens (tertiary/aromatic N) is 3. The highest BCUT2D eigenvalue weighted by Gasteiger charge is 2.32. The van der Waals surface area contributed by atoms with Crippen molar-refractivity contribution in [2.75, 3.05) is 23.7 Å². The summed E-state index contributed by atoms with van der Waals surface area (Å²) in [5.74, 6) is 3.41. The van der Waals surface area contributed by atoms with Crippen LogP contribution in [0.15, 0.2) is 45.7 Å². The molecule has 3 N–H and O–H groups in total. The molecule has 1 saturated heterocycles. The Kier molecular flexibility index (Phi) is 8.29. The van der Waals surface area contributed by atoms with Crippen LogP contribution in [0, 0.1) is 13.8 Å². The minimum atomic E-state index is 0.560. The number of nitrogens with one attached hydrogen (secondary N) is 3. The second-order valence-electron chi connectivity index (χ2n) is 11.4. The monoisotopic (exact) mass is 534 g/mol. The second kappa shape index (κ2) is 11.7. The normalized spacial score (nSPS) is 20.5. The van der Waals surface area contributed by atoms with Crippen molar-refractivity contribution in [1.29, 1.82) is 0 Å². The number of allylic oxidation sites excluding steroid dienone is 2. The molecule has 204 valence electrons. The lowest BCUT2D eigenvalue weighted by Crippen LogP contribution is -2.34. The van der Waals surface area contributed by atoms with Gasteiger partial charge < -0.3 is 15.5 Å². The van der Waals surface area contributed by atoms with E-state index < -0.39 is 0 Å².